The van der Waals surface area contributed by atoms with Crippen molar-refractivity contribution in [3.63, 3.8) is 0 Å². The number of hydrogen-bond donors (Lipinski definition) is 2. The van der Waals surface area contributed by atoms with E-state index in [0.29, 0.717) is 0 Å². The fraction of sp³-hybridized carbons (Fsp3) is 0.500. The van der Waals surface area contributed by atoms with E-state index >= 15 is 0 Å². The smallest absolute Gasteiger partial charge is 0.223 e. The van der Waals surface area contributed by atoms with Crippen LogP contribution in [0.2, 0.25) is 0 Å². The van der Waals surface area contributed by atoms with E-state index in [2.05, 4.69) is 26.6 Å². The van der Waals surface area contributed by atoms with Gasteiger partial charge in [-0.05, 0) is 50.6 Å². The molecule has 0 unspecified atom stereocenters. The zero-order chi connectivity index (χ0) is 13.0. The molecule has 18 heavy (non-hydrogen) atoms. The molecule has 2 N–H and O–H groups in total. The topological polar surface area (TPSA) is 41.1 Å². The Hall–Kier alpha value is -0.870. The molecule has 1 heterocycles. The van der Waals surface area contributed by atoms with Crippen LogP contribution in [0.15, 0.2) is 28.7 Å². The molecule has 0 spiro atoms. The zero-order valence-electron chi connectivity index (χ0n) is 10.6. The first kappa shape index (κ1) is 13.6. The molecule has 2 rings (SSSR count). The fourth-order valence-corrected chi connectivity index (χ4v) is 2.51. The summed E-state index contributed by atoms with van der Waals surface area (Å²) in [6, 6.07) is 8.15. The minimum atomic E-state index is 0.0699. The van der Waals surface area contributed by atoms with E-state index in [0.717, 1.165) is 36.0 Å². The maximum Gasteiger partial charge on any atom is 0.223 e. The maximum absolute atomic E-state index is 12.1. The minimum Gasteiger partial charge on any atom is -0.349 e. The molecule has 0 bridgehead atoms. The Bertz CT molecular complexity index is 399. The van der Waals surface area contributed by atoms with Gasteiger partial charge in [-0.15, -0.1) is 0 Å². The first-order valence-electron chi connectivity index (χ1n) is 6.43. The summed E-state index contributed by atoms with van der Waals surface area (Å²) in [6.45, 7) is 3.93. The fourth-order valence-electron chi connectivity index (χ4n) is 2.25. The summed E-state index contributed by atoms with van der Waals surface area (Å²) in [5.74, 6) is 0.357. The van der Waals surface area contributed by atoms with E-state index in [1.807, 2.05) is 31.2 Å². The number of carbonyl (C=O) groups excluding carboxylic acids is 1. The highest BCUT2D eigenvalue weighted by Gasteiger charge is 2.22. The number of carbonyl (C=O) groups is 1. The predicted molar refractivity (Wildman–Crippen MR) is 76.3 cm³/mol. The third-order valence-electron chi connectivity index (χ3n) is 3.44. The second-order valence-electron chi connectivity index (χ2n) is 4.81. The lowest BCUT2D eigenvalue weighted by Gasteiger charge is -2.24. The summed E-state index contributed by atoms with van der Waals surface area (Å²) in [4.78, 5) is 12.1. The standard InChI is InChI=1S/C14H19BrN2O/c1-10(11-2-4-13(15)5-3-11)17-14(18)12-6-8-16-9-7-12/h2-5,10,12,16H,6-9H2,1H3,(H,17,18)/t10-/m1/s1. The Morgan fingerprint density at radius 3 is 2.56 bits per heavy atom. The van der Waals surface area contributed by atoms with E-state index in [1.54, 1.807) is 0 Å². The van der Waals surface area contributed by atoms with Gasteiger partial charge < -0.3 is 10.6 Å². The molecule has 0 aliphatic carbocycles. The number of benzene rings is 1. The lowest BCUT2D eigenvalue weighted by Crippen LogP contribution is -2.39. The number of nitrogens with one attached hydrogen (secondary N) is 2. The Kier molecular flexibility index (Phi) is 4.78. The van der Waals surface area contributed by atoms with Crippen LogP contribution >= 0.6 is 15.9 Å². The SMILES string of the molecule is C[C@@H](NC(=O)C1CCNCC1)c1ccc(Br)cc1. The lowest BCUT2D eigenvalue weighted by molar-refractivity contribution is -0.126. The second-order valence-corrected chi connectivity index (χ2v) is 5.72. The molecule has 1 aromatic rings. The normalized spacial score (nSPS) is 18.3. The molecule has 1 aliphatic rings. The van der Waals surface area contributed by atoms with Crippen LogP contribution in [-0.4, -0.2) is 19.0 Å². The van der Waals surface area contributed by atoms with Gasteiger partial charge in [0, 0.05) is 10.4 Å². The maximum atomic E-state index is 12.1. The summed E-state index contributed by atoms with van der Waals surface area (Å²) in [7, 11) is 0. The average Bonchev–Trinajstić information content (AvgIpc) is 2.40. The number of hydrogen-bond acceptors (Lipinski definition) is 2. The van der Waals surface area contributed by atoms with Gasteiger partial charge in [-0.1, -0.05) is 28.1 Å². The van der Waals surface area contributed by atoms with Crippen molar-refractivity contribution in [2.24, 2.45) is 5.92 Å². The molecule has 98 valence electrons. The third kappa shape index (κ3) is 3.56. The van der Waals surface area contributed by atoms with E-state index in [1.165, 1.54) is 0 Å². The van der Waals surface area contributed by atoms with Crippen molar-refractivity contribution in [2.75, 3.05) is 13.1 Å². The highest BCUT2D eigenvalue weighted by atomic mass is 79.9. The third-order valence-corrected chi connectivity index (χ3v) is 3.97. The lowest BCUT2D eigenvalue weighted by atomic mass is 9.96. The van der Waals surface area contributed by atoms with Gasteiger partial charge in [-0.2, -0.15) is 0 Å². The average molecular weight is 311 g/mol. The van der Waals surface area contributed by atoms with Crippen molar-refractivity contribution in [2.45, 2.75) is 25.8 Å². The van der Waals surface area contributed by atoms with Crippen molar-refractivity contribution in [1.82, 2.24) is 10.6 Å². The summed E-state index contributed by atoms with van der Waals surface area (Å²) >= 11 is 3.41. The van der Waals surface area contributed by atoms with Crippen LogP contribution in [0.1, 0.15) is 31.4 Å². The molecule has 0 saturated carbocycles. The van der Waals surface area contributed by atoms with Crippen molar-refractivity contribution in [3.05, 3.63) is 34.3 Å². The molecule has 1 saturated heterocycles. The molecule has 3 nitrogen and oxygen atoms in total. The largest absolute Gasteiger partial charge is 0.349 e. The molecular formula is C14H19BrN2O. The summed E-state index contributed by atoms with van der Waals surface area (Å²) in [5, 5.41) is 6.38. The number of rotatable bonds is 3. The van der Waals surface area contributed by atoms with E-state index in [4.69, 9.17) is 0 Å². The molecule has 1 amide bonds. The van der Waals surface area contributed by atoms with Crippen molar-refractivity contribution in [1.29, 1.82) is 0 Å². The van der Waals surface area contributed by atoms with Crippen LogP contribution in [0.25, 0.3) is 0 Å². The van der Waals surface area contributed by atoms with Gasteiger partial charge >= 0.3 is 0 Å². The van der Waals surface area contributed by atoms with Gasteiger partial charge in [0.25, 0.3) is 0 Å². The van der Waals surface area contributed by atoms with E-state index in [-0.39, 0.29) is 17.9 Å². The molecule has 1 aromatic carbocycles. The van der Waals surface area contributed by atoms with Crippen LogP contribution in [0, 0.1) is 5.92 Å². The molecule has 1 fully saturated rings. The highest BCUT2D eigenvalue weighted by molar-refractivity contribution is 9.10. The molecule has 0 radical (unpaired) electrons. The highest BCUT2D eigenvalue weighted by Crippen LogP contribution is 2.18. The predicted octanol–water partition coefficient (Wildman–Crippen LogP) is 2.63. The molecular weight excluding hydrogens is 292 g/mol. The van der Waals surface area contributed by atoms with Gasteiger partial charge in [0.1, 0.15) is 0 Å². The van der Waals surface area contributed by atoms with Crippen molar-refractivity contribution < 1.29 is 4.79 Å². The van der Waals surface area contributed by atoms with E-state index < -0.39 is 0 Å². The second kappa shape index (κ2) is 6.34. The van der Waals surface area contributed by atoms with Gasteiger partial charge in [0.2, 0.25) is 5.91 Å². The van der Waals surface area contributed by atoms with Crippen molar-refractivity contribution in [3.8, 4) is 0 Å². The molecule has 0 aromatic heterocycles. The quantitative estimate of drug-likeness (QED) is 0.901. The summed E-state index contributed by atoms with van der Waals surface area (Å²) in [6.07, 6.45) is 1.89. The van der Waals surface area contributed by atoms with Crippen LogP contribution in [0.3, 0.4) is 0 Å². The summed E-state index contributed by atoms with van der Waals surface area (Å²) < 4.78 is 1.06. The number of amides is 1. The Balaban J connectivity index is 1.91. The van der Waals surface area contributed by atoms with Crippen molar-refractivity contribution >= 4 is 21.8 Å². The van der Waals surface area contributed by atoms with Crippen LogP contribution in [-0.2, 0) is 4.79 Å². The van der Waals surface area contributed by atoms with Crippen LogP contribution < -0.4 is 10.6 Å². The van der Waals surface area contributed by atoms with E-state index in [9.17, 15) is 4.79 Å². The first-order chi connectivity index (χ1) is 8.66. The zero-order valence-corrected chi connectivity index (χ0v) is 12.2. The molecule has 1 atom stereocenters. The van der Waals surface area contributed by atoms with Crippen LogP contribution in [0.4, 0.5) is 0 Å². The van der Waals surface area contributed by atoms with Gasteiger partial charge in [-0.25, -0.2) is 0 Å². The molecule has 4 heteroatoms. The van der Waals surface area contributed by atoms with Crippen LogP contribution in [0.5, 0.6) is 0 Å². The first-order valence-corrected chi connectivity index (χ1v) is 7.22. The minimum absolute atomic E-state index is 0.0699. The Morgan fingerprint density at radius 1 is 1.33 bits per heavy atom. The Labute approximate surface area is 116 Å². The number of halogens is 1. The van der Waals surface area contributed by atoms with Gasteiger partial charge in [0.15, 0.2) is 0 Å². The number of piperidine rings is 1. The molecule has 1 aliphatic heterocycles. The summed E-state index contributed by atoms with van der Waals surface area (Å²) in [5.41, 5.74) is 1.14. The Morgan fingerprint density at radius 2 is 1.94 bits per heavy atom. The van der Waals surface area contributed by atoms with Gasteiger partial charge in [-0.3, -0.25) is 4.79 Å². The monoisotopic (exact) mass is 310 g/mol. The van der Waals surface area contributed by atoms with Gasteiger partial charge in [0.05, 0.1) is 6.04 Å².